The molecule has 2 heterocycles. The molecule has 0 aliphatic carbocycles. The number of ether oxygens (including phenoxy) is 1. The zero-order valence-corrected chi connectivity index (χ0v) is 13.6. The van der Waals surface area contributed by atoms with Crippen LogP contribution in [0.5, 0.6) is 5.75 Å². The Labute approximate surface area is 139 Å². The van der Waals surface area contributed by atoms with Crippen molar-refractivity contribution in [2.24, 2.45) is 7.05 Å². The van der Waals surface area contributed by atoms with E-state index in [0.29, 0.717) is 18.1 Å². The van der Waals surface area contributed by atoms with Crippen LogP contribution in [-0.2, 0) is 13.6 Å². The van der Waals surface area contributed by atoms with Gasteiger partial charge in [0.05, 0.1) is 12.8 Å². The first kappa shape index (κ1) is 15.7. The fraction of sp³-hybridized carbons (Fsp3) is 0.167. The highest BCUT2D eigenvalue weighted by Gasteiger charge is 2.08. The minimum Gasteiger partial charge on any atom is -0.496 e. The second-order valence-corrected chi connectivity index (χ2v) is 5.29. The minimum atomic E-state index is -0.103. The van der Waals surface area contributed by atoms with Gasteiger partial charge >= 0.3 is 0 Å². The van der Waals surface area contributed by atoms with Gasteiger partial charge in [0.1, 0.15) is 17.9 Å². The second kappa shape index (κ2) is 6.95. The van der Waals surface area contributed by atoms with Crippen molar-refractivity contribution >= 4 is 5.82 Å². The molecular formula is C18H18N4O2. The summed E-state index contributed by atoms with van der Waals surface area (Å²) in [5.74, 6) is 1.52. The number of para-hydroxylation sites is 1. The van der Waals surface area contributed by atoms with E-state index < -0.39 is 0 Å². The van der Waals surface area contributed by atoms with E-state index in [-0.39, 0.29) is 5.56 Å². The van der Waals surface area contributed by atoms with Crippen LogP contribution in [0.4, 0.5) is 5.82 Å². The van der Waals surface area contributed by atoms with Crippen LogP contribution >= 0.6 is 0 Å². The molecule has 3 aromatic rings. The lowest BCUT2D eigenvalue weighted by atomic mass is 10.1. The Hall–Kier alpha value is -3.15. The van der Waals surface area contributed by atoms with Crippen LogP contribution < -0.4 is 15.6 Å². The monoisotopic (exact) mass is 322 g/mol. The van der Waals surface area contributed by atoms with Crippen LogP contribution in [0, 0.1) is 0 Å². The molecule has 1 N–H and O–H groups in total. The van der Waals surface area contributed by atoms with Crippen molar-refractivity contribution < 1.29 is 4.74 Å². The van der Waals surface area contributed by atoms with Gasteiger partial charge in [-0.05, 0) is 18.2 Å². The van der Waals surface area contributed by atoms with Crippen LogP contribution in [0.3, 0.4) is 0 Å². The summed E-state index contributed by atoms with van der Waals surface area (Å²) in [4.78, 5) is 20.3. The third-order valence-electron chi connectivity index (χ3n) is 3.79. The molecule has 0 atom stereocenters. The Morgan fingerprint density at radius 1 is 1.21 bits per heavy atom. The molecular weight excluding hydrogens is 304 g/mol. The predicted octanol–water partition coefficient (Wildman–Crippen LogP) is 2.46. The van der Waals surface area contributed by atoms with E-state index in [1.165, 1.54) is 6.33 Å². The van der Waals surface area contributed by atoms with Gasteiger partial charge in [-0.1, -0.05) is 18.2 Å². The molecule has 0 saturated carbocycles. The third kappa shape index (κ3) is 3.27. The Bertz CT molecular complexity index is 891. The van der Waals surface area contributed by atoms with Gasteiger partial charge in [0.2, 0.25) is 0 Å². The van der Waals surface area contributed by atoms with Crippen molar-refractivity contribution in [3.8, 4) is 17.0 Å². The van der Waals surface area contributed by atoms with Gasteiger partial charge in [0.25, 0.3) is 5.56 Å². The predicted molar refractivity (Wildman–Crippen MR) is 93.0 cm³/mol. The highest BCUT2D eigenvalue weighted by atomic mass is 16.5. The normalized spacial score (nSPS) is 10.4. The van der Waals surface area contributed by atoms with Crippen molar-refractivity contribution in [1.29, 1.82) is 0 Å². The Morgan fingerprint density at radius 2 is 2.04 bits per heavy atom. The lowest BCUT2D eigenvalue weighted by Gasteiger charge is -2.14. The fourth-order valence-electron chi connectivity index (χ4n) is 2.45. The minimum absolute atomic E-state index is 0.103. The number of benzene rings is 1. The number of methoxy groups -OCH3 is 1. The highest BCUT2D eigenvalue weighted by Crippen LogP contribution is 2.21. The average molecular weight is 322 g/mol. The number of hydrogen-bond acceptors (Lipinski definition) is 5. The molecule has 0 fully saturated rings. The van der Waals surface area contributed by atoms with Crippen molar-refractivity contribution in [1.82, 2.24) is 14.5 Å². The molecule has 0 aliphatic heterocycles. The Balaban J connectivity index is 1.90. The molecule has 0 amide bonds. The topological polar surface area (TPSA) is 69.0 Å². The number of hydrogen-bond donors (Lipinski definition) is 1. The summed E-state index contributed by atoms with van der Waals surface area (Å²) in [5.41, 5.74) is 2.37. The van der Waals surface area contributed by atoms with Gasteiger partial charge in [-0.15, -0.1) is 0 Å². The molecule has 6 heteroatoms. The summed E-state index contributed by atoms with van der Waals surface area (Å²) in [6.07, 6.45) is 3.12. The van der Waals surface area contributed by atoms with Crippen molar-refractivity contribution in [2.45, 2.75) is 6.54 Å². The molecule has 0 radical (unpaired) electrons. The standard InChI is InChI=1S/C18H18N4O2/c1-22-17(20-11-13-5-3-4-6-16(13)24-2)9-14(10-18(22)23)15-7-8-19-12-21-15/h3-10,12,20H,11H2,1-2H3. The maximum Gasteiger partial charge on any atom is 0.252 e. The number of nitrogens with one attached hydrogen (secondary N) is 1. The van der Waals surface area contributed by atoms with Crippen molar-refractivity contribution in [3.05, 3.63) is 70.9 Å². The molecule has 2 aromatic heterocycles. The molecule has 6 nitrogen and oxygen atoms in total. The molecule has 3 rings (SSSR count). The van der Waals surface area contributed by atoms with Gasteiger partial charge in [-0.3, -0.25) is 9.36 Å². The highest BCUT2D eigenvalue weighted by molar-refractivity contribution is 5.62. The molecule has 0 bridgehead atoms. The largest absolute Gasteiger partial charge is 0.496 e. The van der Waals surface area contributed by atoms with Crippen LogP contribution in [-0.4, -0.2) is 21.6 Å². The first-order valence-electron chi connectivity index (χ1n) is 7.52. The molecule has 0 unspecified atom stereocenters. The summed E-state index contributed by atoms with van der Waals surface area (Å²) >= 11 is 0. The summed E-state index contributed by atoms with van der Waals surface area (Å²) in [6.45, 7) is 0.546. The lowest BCUT2D eigenvalue weighted by Crippen LogP contribution is -2.20. The van der Waals surface area contributed by atoms with Crippen LogP contribution in [0.25, 0.3) is 11.3 Å². The van der Waals surface area contributed by atoms with E-state index in [1.54, 1.807) is 37.1 Å². The van der Waals surface area contributed by atoms with E-state index in [1.807, 2.05) is 30.3 Å². The molecule has 1 aromatic carbocycles. The number of aromatic nitrogens is 3. The van der Waals surface area contributed by atoms with Gasteiger partial charge in [0.15, 0.2) is 0 Å². The SMILES string of the molecule is COc1ccccc1CNc1cc(-c2ccncn2)cc(=O)n1C. The van der Waals surface area contributed by atoms with E-state index >= 15 is 0 Å². The molecule has 0 saturated heterocycles. The number of rotatable bonds is 5. The Morgan fingerprint density at radius 3 is 2.79 bits per heavy atom. The van der Waals surface area contributed by atoms with Crippen LogP contribution in [0.15, 0.2) is 59.8 Å². The summed E-state index contributed by atoms with van der Waals surface area (Å²) < 4.78 is 6.92. The van der Waals surface area contributed by atoms with E-state index in [2.05, 4.69) is 15.3 Å². The molecule has 24 heavy (non-hydrogen) atoms. The van der Waals surface area contributed by atoms with Gasteiger partial charge < -0.3 is 10.1 Å². The third-order valence-corrected chi connectivity index (χ3v) is 3.79. The fourth-order valence-corrected chi connectivity index (χ4v) is 2.45. The average Bonchev–Trinajstić information content (AvgIpc) is 2.63. The summed E-state index contributed by atoms with van der Waals surface area (Å²) in [5, 5.41) is 3.29. The van der Waals surface area contributed by atoms with Gasteiger partial charge in [-0.25, -0.2) is 9.97 Å². The van der Waals surface area contributed by atoms with Gasteiger partial charge in [0, 0.05) is 37.0 Å². The van der Waals surface area contributed by atoms with Crippen LogP contribution in [0.2, 0.25) is 0 Å². The zero-order valence-electron chi connectivity index (χ0n) is 13.6. The number of pyridine rings is 1. The number of nitrogens with zero attached hydrogens (tertiary/aromatic N) is 3. The van der Waals surface area contributed by atoms with E-state index in [0.717, 1.165) is 16.9 Å². The van der Waals surface area contributed by atoms with Crippen molar-refractivity contribution in [3.63, 3.8) is 0 Å². The van der Waals surface area contributed by atoms with Crippen molar-refractivity contribution in [2.75, 3.05) is 12.4 Å². The maximum atomic E-state index is 12.2. The quantitative estimate of drug-likeness (QED) is 0.781. The lowest BCUT2D eigenvalue weighted by molar-refractivity contribution is 0.410. The second-order valence-electron chi connectivity index (χ2n) is 5.29. The van der Waals surface area contributed by atoms with E-state index in [4.69, 9.17) is 4.74 Å². The Kier molecular flexibility index (Phi) is 4.56. The number of anilines is 1. The zero-order chi connectivity index (χ0) is 16.9. The molecule has 0 spiro atoms. The van der Waals surface area contributed by atoms with Gasteiger partial charge in [-0.2, -0.15) is 0 Å². The summed E-state index contributed by atoms with van der Waals surface area (Å²) in [7, 11) is 3.38. The molecule has 0 aliphatic rings. The van der Waals surface area contributed by atoms with Crippen LogP contribution in [0.1, 0.15) is 5.56 Å². The smallest absolute Gasteiger partial charge is 0.252 e. The van der Waals surface area contributed by atoms with E-state index in [9.17, 15) is 4.79 Å². The first-order chi connectivity index (χ1) is 11.7. The maximum absolute atomic E-state index is 12.2. The first-order valence-corrected chi connectivity index (χ1v) is 7.52. The molecule has 122 valence electrons. The summed E-state index contributed by atoms with van der Waals surface area (Å²) in [6, 6.07) is 13.0.